The Hall–Kier alpha value is -2.14. The van der Waals surface area contributed by atoms with Gasteiger partial charge in [0.25, 0.3) is 11.8 Å². The summed E-state index contributed by atoms with van der Waals surface area (Å²) in [5, 5.41) is 6.51. The molecule has 0 radical (unpaired) electrons. The van der Waals surface area contributed by atoms with Crippen LogP contribution in [0.25, 0.3) is 0 Å². The zero-order valence-corrected chi connectivity index (χ0v) is 13.1. The maximum atomic E-state index is 12.7. The first-order chi connectivity index (χ1) is 10.8. The Kier molecular flexibility index (Phi) is 4.53. The molecule has 1 aromatic heterocycles. The van der Waals surface area contributed by atoms with Crippen molar-refractivity contribution in [1.82, 2.24) is 4.90 Å². The number of anilines is 1. The number of amides is 2. The second-order valence-corrected chi connectivity index (χ2v) is 6.14. The number of carbonyl (C=O) groups excluding carboxylic acids is 2. The Balaban J connectivity index is 1.80. The van der Waals surface area contributed by atoms with Gasteiger partial charge in [0.2, 0.25) is 0 Å². The first kappa shape index (κ1) is 14.8. The number of nitrogens with zero attached hydrogens (tertiary/aromatic N) is 1. The molecule has 0 unspecified atom stereocenters. The highest BCUT2D eigenvalue weighted by molar-refractivity contribution is 7.08. The van der Waals surface area contributed by atoms with Gasteiger partial charge in [-0.2, -0.15) is 11.3 Å². The Morgan fingerprint density at radius 2 is 1.82 bits per heavy atom. The average Bonchev–Trinajstić information content (AvgIpc) is 3.10. The van der Waals surface area contributed by atoms with E-state index in [1.54, 1.807) is 23.6 Å². The molecule has 114 valence electrons. The summed E-state index contributed by atoms with van der Waals surface area (Å²) in [6, 6.07) is 8.99. The van der Waals surface area contributed by atoms with Gasteiger partial charge in [-0.3, -0.25) is 9.59 Å². The topological polar surface area (TPSA) is 49.4 Å². The van der Waals surface area contributed by atoms with E-state index < -0.39 is 0 Å². The molecule has 0 atom stereocenters. The van der Waals surface area contributed by atoms with Crippen LogP contribution in [0.3, 0.4) is 0 Å². The molecule has 2 heterocycles. The summed E-state index contributed by atoms with van der Waals surface area (Å²) in [7, 11) is 0. The Morgan fingerprint density at radius 1 is 1.05 bits per heavy atom. The van der Waals surface area contributed by atoms with Crippen molar-refractivity contribution >= 4 is 28.8 Å². The molecule has 0 aliphatic carbocycles. The fraction of sp³-hybridized carbons (Fsp3) is 0.294. The molecule has 1 N–H and O–H groups in total. The third-order valence-corrected chi connectivity index (χ3v) is 4.52. The molecule has 0 spiro atoms. The average molecular weight is 314 g/mol. The summed E-state index contributed by atoms with van der Waals surface area (Å²) in [5.41, 5.74) is 1.76. The van der Waals surface area contributed by atoms with Gasteiger partial charge in [-0.25, -0.2) is 0 Å². The van der Waals surface area contributed by atoms with E-state index in [4.69, 9.17) is 0 Å². The van der Waals surface area contributed by atoms with Gasteiger partial charge in [-0.05, 0) is 42.8 Å². The molecule has 3 rings (SSSR count). The molecule has 1 aliphatic heterocycles. The predicted octanol–water partition coefficient (Wildman–Crippen LogP) is 3.63. The van der Waals surface area contributed by atoms with Crippen LogP contribution in [0.4, 0.5) is 5.69 Å². The first-order valence-corrected chi connectivity index (χ1v) is 8.42. The fourth-order valence-electron chi connectivity index (χ4n) is 2.63. The van der Waals surface area contributed by atoms with Crippen LogP contribution < -0.4 is 5.32 Å². The number of piperidine rings is 1. The van der Waals surface area contributed by atoms with Crippen LogP contribution in [0, 0.1) is 0 Å². The van der Waals surface area contributed by atoms with Gasteiger partial charge >= 0.3 is 0 Å². The lowest BCUT2D eigenvalue weighted by molar-refractivity contribution is 0.0725. The van der Waals surface area contributed by atoms with E-state index in [2.05, 4.69) is 5.32 Å². The minimum atomic E-state index is -0.180. The number of hydrogen-bond donors (Lipinski definition) is 1. The van der Waals surface area contributed by atoms with Crippen molar-refractivity contribution < 1.29 is 9.59 Å². The van der Waals surface area contributed by atoms with E-state index in [1.165, 1.54) is 17.8 Å². The molecule has 2 aromatic rings. The smallest absolute Gasteiger partial charge is 0.256 e. The maximum Gasteiger partial charge on any atom is 0.256 e. The summed E-state index contributed by atoms with van der Waals surface area (Å²) in [5.74, 6) is -0.180. The molecular formula is C17H18N2O2S. The standard InChI is InChI=1S/C17H18N2O2S/c20-16(13-8-11-22-12-13)18-15-7-3-2-6-14(15)17(21)19-9-4-1-5-10-19/h2-3,6-8,11-12H,1,4-5,9-10H2,(H,18,20). The van der Waals surface area contributed by atoms with Crippen LogP contribution >= 0.6 is 11.3 Å². The van der Waals surface area contributed by atoms with Gasteiger partial charge in [0.15, 0.2) is 0 Å². The molecule has 2 amide bonds. The molecule has 1 aliphatic rings. The Bertz CT molecular complexity index is 661. The molecule has 5 heteroatoms. The van der Waals surface area contributed by atoms with Crippen molar-refractivity contribution in [1.29, 1.82) is 0 Å². The van der Waals surface area contributed by atoms with Crippen molar-refractivity contribution in [2.75, 3.05) is 18.4 Å². The first-order valence-electron chi connectivity index (χ1n) is 7.47. The Labute approximate surface area is 133 Å². The molecule has 1 aromatic carbocycles. The number of likely N-dealkylation sites (tertiary alicyclic amines) is 1. The van der Waals surface area contributed by atoms with Crippen LogP contribution in [0.5, 0.6) is 0 Å². The number of carbonyl (C=O) groups is 2. The van der Waals surface area contributed by atoms with Gasteiger partial charge in [0.1, 0.15) is 0 Å². The third kappa shape index (κ3) is 3.20. The highest BCUT2D eigenvalue weighted by atomic mass is 32.1. The number of thiophene rings is 1. The van der Waals surface area contributed by atoms with Gasteiger partial charge in [0, 0.05) is 18.5 Å². The minimum Gasteiger partial charge on any atom is -0.339 e. The van der Waals surface area contributed by atoms with Crippen molar-refractivity contribution in [3.63, 3.8) is 0 Å². The molecule has 22 heavy (non-hydrogen) atoms. The number of nitrogens with one attached hydrogen (secondary N) is 1. The number of benzene rings is 1. The lowest BCUT2D eigenvalue weighted by Gasteiger charge is -2.27. The monoisotopic (exact) mass is 314 g/mol. The molecule has 1 saturated heterocycles. The summed E-state index contributed by atoms with van der Waals surface area (Å²) in [6.07, 6.45) is 3.28. The van der Waals surface area contributed by atoms with E-state index in [0.717, 1.165) is 25.9 Å². The van der Waals surface area contributed by atoms with Crippen molar-refractivity contribution in [3.05, 3.63) is 52.2 Å². The lowest BCUT2D eigenvalue weighted by atomic mass is 10.1. The van der Waals surface area contributed by atoms with E-state index in [9.17, 15) is 9.59 Å². The Morgan fingerprint density at radius 3 is 2.55 bits per heavy atom. The van der Waals surface area contributed by atoms with Gasteiger partial charge in [-0.15, -0.1) is 0 Å². The summed E-state index contributed by atoms with van der Waals surface area (Å²) >= 11 is 1.48. The van der Waals surface area contributed by atoms with E-state index in [1.807, 2.05) is 22.4 Å². The van der Waals surface area contributed by atoms with Crippen molar-refractivity contribution in [2.45, 2.75) is 19.3 Å². The molecule has 4 nitrogen and oxygen atoms in total. The van der Waals surface area contributed by atoms with Crippen LogP contribution in [-0.2, 0) is 0 Å². The van der Waals surface area contributed by atoms with E-state index in [0.29, 0.717) is 16.8 Å². The van der Waals surface area contributed by atoms with Gasteiger partial charge < -0.3 is 10.2 Å². The van der Waals surface area contributed by atoms with E-state index >= 15 is 0 Å². The zero-order valence-electron chi connectivity index (χ0n) is 12.2. The van der Waals surface area contributed by atoms with Gasteiger partial charge in [0.05, 0.1) is 16.8 Å². The SMILES string of the molecule is O=C(Nc1ccccc1C(=O)N1CCCCC1)c1ccsc1. The fourth-order valence-corrected chi connectivity index (χ4v) is 3.27. The van der Waals surface area contributed by atoms with Crippen LogP contribution in [-0.4, -0.2) is 29.8 Å². The normalized spacial score (nSPS) is 14.6. The number of para-hydroxylation sites is 1. The lowest BCUT2D eigenvalue weighted by Crippen LogP contribution is -2.36. The molecular weight excluding hydrogens is 296 g/mol. The number of rotatable bonds is 3. The van der Waals surface area contributed by atoms with Crippen LogP contribution in [0.1, 0.15) is 40.0 Å². The molecule has 0 saturated carbocycles. The van der Waals surface area contributed by atoms with Crippen LogP contribution in [0.15, 0.2) is 41.1 Å². The second kappa shape index (κ2) is 6.75. The largest absolute Gasteiger partial charge is 0.339 e. The second-order valence-electron chi connectivity index (χ2n) is 5.36. The zero-order chi connectivity index (χ0) is 15.4. The quantitative estimate of drug-likeness (QED) is 0.940. The highest BCUT2D eigenvalue weighted by Crippen LogP contribution is 2.21. The van der Waals surface area contributed by atoms with Crippen molar-refractivity contribution in [2.24, 2.45) is 0 Å². The van der Waals surface area contributed by atoms with Crippen LogP contribution in [0.2, 0.25) is 0 Å². The maximum absolute atomic E-state index is 12.7. The number of hydrogen-bond acceptors (Lipinski definition) is 3. The summed E-state index contributed by atoms with van der Waals surface area (Å²) in [6.45, 7) is 1.59. The minimum absolute atomic E-state index is 0.000851. The molecule has 1 fully saturated rings. The predicted molar refractivity (Wildman–Crippen MR) is 88.5 cm³/mol. The molecule has 0 bridgehead atoms. The van der Waals surface area contributed by atoms with Gasteiger partial charge in [-0.1, -0.05) is 12.1 Å². The van der Waals surface area contributed by atoms with E-state index in [-0.39, 0.29) is 11.8 Å². The highest BCUT2D eigenvalue weighted by Gasteiger charge is 2.21. The summed E-state index contributed by atoms with van der Waals surface area (Å²) in [4.78, 5) is 26.7. The van der Waals surface area contributed by atoms with Crippen molar-refractivity contribution in [3.8, 4) is 0 Å². The third-order valence-electron chi connectivity index (χ3n) is 3.83. The summed E-state index contributed by atoms with van der Waals surface area (Å²) < 4.78 is 0.